The van der Waals surface area contributed by atoms with Gasteiger partial charge in [0.05, 0.1) is 12.1 Å². The van der Waals surface area contributed by atoms with Gasteiger partial charge in [-0.15, -0.1) is 22.7 Å². The third kappa shape index (κ3) is 6.37. The van der Waals surface area contributed by atoms with Crippen molar-refractivity contribution in [2.75, 3.05) is 5.32 Å². The topological polar surface area (TPSA) is 130 Å². The van der Waals surface area contributed by atoms with Crippen LogP contribution in [0.2, 0.25) is 0 Å². The van der Waals surface area contributed by atoms with Crippen molar-refractivity contribution in [1.29, 1.82) is 0 Å². The molecular weight excluding hydrogens is 428 g/mol. The molecule has 9 nitrogen and oxygen atoms in total. The number of carbonyl (C=O) groups is 3. The van der Waals surface area contributed by atoms with Crippen molar-refractivity contribution in [3.8, 4) is 0 Å². The van der Waals surface area contributed by atoms with Crippen LogP contribution in [0.4, 0.5) is 9.93 Å². The maximum absolute atomic E-state index is 12.3. The Morgan fingerprint density at radius 3 is 2.60 bits per heavy atom. The van der Waals surface area contributed by atoms with E-state index in [-0.39, 0.29) is 25.5 Å². The van der Waals surface area contributed by atoms with E-state index in [0.717, 1.165) is 10.4 Å². The highest BCUT2D eigenvalue weighted by atomic mass is 32.1. The number of carbonyl (C=O) groups excluding carboxylic acids is 3. The Hall–Kier alpha value is -3.28. The molecule has 0 radical (unpaired) electrons. The summed E-state index contributed by atoms with van der Waals surface area (Å²) in [6.07, 6.45) is -0.597. The van der Waals surface area contributed by atoms with Gasteiger partial charge in [-0.25, -0.2) is 15.3 Å². The number of hydrogen-bond donors (Lipinski definition) is 4. The van der Waals surface area contributed by atoms with Crippen molar-refractivity contribution >= 4 is 45.7 Å². The normalized spacial score (nSPS) is 10.3. The summed E-state index contributed by atoms with van der Waals surface area (Å²) in [5.41, 5.74) is 3.20. The van der Waals surface area contributed by atoms with Crippen LogP contribution < -0.4 is 16.1 Å². The van der Waals surface area contributed by atoms with Crippen LogP contribution in [0.15, 0.2) is 47.2 Å². The molecule has 0 saturated heterocycles. The first-order valence-electron chi connectivity index (χ1n) is 8.74. The Morgan fingerprint density at radius 2 is 1.90 bits per heavy atom. The number of nitrogens with zero attached hydrogens (tertiary/aromatic N) is 1. The van der Waals surface area contributed by atoms with Crippen LogP contribution in [0.3, 0.4) is 0 Å². The molecule has 11 heteroatoms. The zero-order chi connectivity index (χ0) is 21.3. The molecule has 0 fully saturated rings. The Bertz CT molecular complexity index is 1000. The molecule has 0 bridgehead atoms. The minimum absolute atomic E-state index is 0.0830. The lowest BCUT2D eigenvalue weighted by molar-refractivity contribution is -0.128. The molecule has 0 aliphatic rings. The molecule has 156 valence electrons. The number of nitrogens with one attached hydrogen (secondary N) is 3. The fourth-order valence-corrected chi connectivity index (χ4v) is 3.67. The summed E-state index contributed by atoms with van der Waals surface area (Å²) in [7, 11) is 0. The second-order valence-corrected chi connectivity index (χ2v) is 7.91. The molecule has 0 aliphatic carbocycles. The van der Waals surface area contributed by atoms with Crippen molar-refractivity contribution in [2.45, 2.75) is 19.6 Å². The van der Waals surface area contributed by atoms with Crippen molar-refractivity contribution in [3.05, 3.63) is 68.9 Å². The molecule has 3 aromatic rings. The molecule has 30 heavy (non-hydrogen) atoms. The van der Waals surface area contributed by atoms with E-state index in [0.29, 0.717) is 16.4 Å². The van der Waals surface area contributed by atoms with E-state index in [1.165, 1.54) is 28.2 Å². The second-order valence-electron chi connectivity index (χ2n) is 6.02. The predicted octanol–water partition coefficient (Wildman–Crippen LogP) is 2.93. The zero-order valence-electron chi connectivity index (χ0n) is 15.6. The second kappa shape index (κ2) is 10.5. The molecular formula is C19H18N4O5S2. The van der Waals surface area contributed by atoms with Crippen LogP contribution in [0, 0.1) is 0 Å². The smallest absolute Gasteiger partial charge is 0.407 e. The quantitative estimate of drug-likeness (QED) is 0.311. The van der Waals surface area contributed by atoms with Gasteiger partial charge in [0, 0.05) is 22.4 Å². The molecule has 1 aromatic carbocycles. The Labute approximate surface area is 179 Å². The third-order valence-corrected chi connectivity index (χ3v) is 5.47. The highest BCUT2D eigenvalue weighted by Gasteiger charge is 2.11. The van der Waals surface area contributed by atoms with Gasteiger partial charge >= 0.3 is 6.09 Å². The van der Waals surface area contributed by atoms with Crippen molar-refractivity contribution in [3.63, 3.8) is 0 Å². The molecule has 4 N–H and O–H groups in total. The van der Waals surface area contributed by atoms with Crippen LogP contribution in [-0.2, 0) is 29.1 Å². The number of ether oxygens (including phenoxy) is 1. The fraction of sp³-hybridized carbons (Fsp3) is 0.158. The lowest BCUT2D eigenvalue weighted by atomic mass is 10.1. The van der Waals surface area contributed by atoms with Gasteiger partial charge in [0.25, 0.3) is 5.91 Å². The van der Waals surface area contributed by atoms with E-state index in [1.807, 2.05) is 17.5 Å². The van der Waals surface area contributed by atoms with Gasteiger partial charge in [-0.2, -0.15) is 0 Å². The molecule has 0 saturated carbocycles. The van der Waals surface area contributed by atoms with E-state index >= 15 is 0 Å². The minimum Gasteiger partial charge on any atom is -0.444 e. The lowest BCUT2D eigenvalue weighted by Crippen LogP contribution is -2.23. The zero-order valence-corrected chi connectivity index (χ0v) is 17.2. The van der Waals surface area contributed by atoms with Crippen molar-refractivity contribution < 1.29 is 24.3 Å². The van der Waals surface area contributed by atoms with Gasteiger partial charge in [-0.1, -0.05) is 18.2 Å². The summed E-state index contributed by atoms with van der Waals surface area (Å²) >= 11 is 2.69. The Morgan fingerprint density at radius 1 is 1.10 bits per heavy atom. The van der Waals surface area contributed by atoms with Crippen molar-refractivity contribution in [1.82, 2.24) is 15.8 Å². The number of thiazole rings is 1. The highest BCUT2D eigenvalue weighted by Crippen LogP contribution is 2.17. The summed E-state index contributed by atoms with van der Waals surface area (Å²) in [5, 5.41) is 17.7. The molecule has 3 amide bonds. The average molecular weight is 447 g/mol. The maximum Gasteiger partial charge on any atom is 0.407 e. The fourth-order valence-electron chi connectivity index (χ4n) is 2.35. The van der Waals surface area contributed by atoms with Gasteiger partial charge in [-0.05, 0) is 29.1 Å². The molecule has 0 spiro atoms. The first kappa shape index (κ1) is 21.4. The Balaban J connectivity index is 1.45. The Kier molecular flexibility index (Phi) is 7.49. The molecule has 2 heterocycles. The number of thiophene rings is 1. The van der Waals surface area contributed by atoms with Gasteiger partial charge in [0.15, 0.2) is 5.13 Å². The summed E-state index contributed by atoms with van der Waals surface area (Å²) in [4.78, 5) is 40.3. The highest BCUT2D eigenvalue weighted by molar-refractivity contribution is 7.14. The largest absolute Gasteiger partial charge is 0.444 e. The minimum atomic E-state index is -0.585. The number of alkyl carbamates (subject to hydrolysis) is 1. The van der Waals surface area contributed by atoms with Crippen LogP contribution in [0.5, 0.6) is 0 Å². The van der Waals surface area contributed by atoms with Gasteiger partial charge < -0.3 is 10.1 Å². The first-order chi connectivity index (χ1) is 14.5. The first-order valence-corrected chi connectivity index (χ1v) is 10.5. The average Bonchev–Trinajstić information content (AvgIpc) is 3.43. The number of hydrogen-bond acceptors (Lipinski definition) is 8. The SMILES string of the molecule is O=C(Cc1csc(NC(=O)c2ccc(CNC(=O)OCc3cccs3)cc2)n1)NO. The van der Waals surface area contributed by atoms with E-state index < -0.39 is 12.0 Å². The van der Waals surface area contributed by atoms with Gasteiger partial charge in [-0.3, -0.25) is 20.1 Å². The van der Waals surface area contributed by atoms with Crippen LogP contribution in [-0.4, -0.2) is 28.1 Å². The molecule has 2 aromatic heterocycles. The standard InChI is InChI=1S/C19H18N4O5S2/c24-16(23-27)8-14-11-30-18(21-14)22-17(25)13-5-3-12(4-6-13)9-20-19(26)28-10-15-2-1-7-29-15/h1-7,11,27H,8-10H2,(H,20,26)(H,23,24)(H,21,22,25). The molecule has 0 aliphatic heterocycles. The molecule has 3 rings (SSSR count). The van der Waals surface area contributed by atoms with Crippen molar-refractivity contribution in [2.24, 2.45) is 0 Å². The molecule has 0 atom stereocenters. The predicted molar refractivity (Wildman–Crippen MR) is 111 cm³/mol. The maximum atomic E-state index is 12.3. The van der Waals surface area contributed by atoms with E-state index in [1.54, 1.807) is 29.6 Å². The number of benzene rings is 1. The third-order valence-electron chi connectivity index (χ3n) is 3.82. The monoisotopic (exact) mass is 446 g/mol. The van der Waals surface area contributed by atoms with Crippen LogP contribution in [0.25, 0.3) is 0 Å². The number of aromatic nitrogens is 1. The number of amides is 3. The van der Waals surface area contributed by atoms with Crippen LogP contribution in [0.1, 0.15) is 26.5 Å². The number of anilines is 1. The summed E-state index contributed by atoms with van der Waals surface area (Å²) in [6, 6.07) is 10.5. The van der Waals surface area contributed by atoms with E-state index in [4.69, 9.17) is 9.94 Å². The number of rotatable bonds is 8. The van der Waals surface area contributed by atoms with Gasteiger partial charge in [0.1, 0.15) is 6.61 Å². The van der Waals surface area contributed by atoms with Crippen LogP contribution >= 0.6 is 22.7 Å². The van der Waals surface area contributed by atoms with E-state index in [2.05, 4.69) is 15.6 Å². The lowest BCUT2D eigenvalue weighted by Gasteiger charge is -2.07. The van der Waals surface area contributed by atoms with E-state index in [9.17, 15) is 14.4 Å². The molecule has 0 unspecified atom stereocenters. The summed E-state index contributed by atoms with van der Waals surface area (Å²) < 4.78 is 5.12. The van der Waals surface area contributed by atoms with Gasteiger partial charge in [0.2, 0.25) is 5.91 Å². The number of hydroxylamine groups is 1. The summed E-state index contributed by atoms with van der Waals surface area (Å²) in [6.45, 7) is 0.500. The summed E-state index contributed by atoms with van der Waals surface area (Å²) in [5.74, 6) is -0.935.